The lowest BCUT2D eigenvalue weighted by atomic mass is 10.1. The molecule has 1 aliphatic heterocycles. The van der Waals surface area contributed by atoms with Crippen molar-refractivity contribution in [3.63, 3.8) is 0 Å². The zero-order chi connectivity index (χ0) is 15.2. The molecular weight excluding hydrogens is 294 g/mol. The number of rotatable bonds is 3. The zero-order valence-corrected chi connectivity index (χ0v) is 13.5. The van der Waals surface area contributed by atoms with Crippen LogP contribution in [0.5, 0.6) is 0 Å². The largest absolute Gasteiger partial charge is 0.348 e. The summed E-state index contributed by atoms with van der Waals surface area (Å²) in [6.07, 6.45) is 2.17. The molecule has 0 radical (unpaired) electrons. The molecule has 0 aliphatic carbocycles. The van der Waals surface area contributed by atoms with Crippen molar-refractivity contribution in [2.24, 2.45) is 0 Å². The monoisotopic (exact) mass is 313 g/mol. The summed E-state index contributed by atoms with van der Waals surface area (Å²) in [5.74, 6) is -0.511. The second-order valence-corrected chi connectivity index (χ2v) is 7.09. The van der Waals surface area contributed by atoms with Gasteiger partial charge in [-0.1, -0.05) is 24.3 Å². The second-order valence-electron chi connectivity index (χ2n) is 6.11. The molecule has 1 fully saturated rings. The van der Waals surface area contributed by atoms with Gasteiger partial charge in [0.1, 0.15) is 6.10 Å². The Morgan fingerprint density at radius 1 is 1.18 bits per heavy atom. The number of ether oxygens (including phenoxy) is 2. The zero-order valence-electron chi connectivity index (χ0n) is 12.7. The van der Waals surface area contributed by atoms with Crippen molar-refractivity contribution in [2.75, 3.05) is 6.61 Å². The van der Waals surface area contributed by atoms with E-state index in [2.05, 4.69) is 58.6 Å². The number of aromatic nitrogens is 1. The molecule has 0 bridgehead atoms. The highest BCUT2D eigenvalue weighted by atomic mass is 32.1. The first-order valence-electron chi connectivity index (χ1n) is 7.55. The third-order valence-corrected chi connectivity index (χ3v) is 5.09. The molecule has 1 aliphatic rings. The third kappa shape index (κ3) is 2.37. The number of benzene rings is 1. The molecule has 4 heteroatoms. The van der Waals surface area contributed by atoms with E-state index in [4.69, 9.17) is 9.47 Å². The Morgan fingerprint density at radius 3 is 2.77 bits per heavy atom. The van der Waals surface area contributed by atoms with E-state index in [9.17, 15) is 0 Å². The van der Waals surface area contributed by atoms with Gasteiger partial charge >= 0.3 is 0 Å². The molecule has 0 spiro atoms. The van der Waals surface area contributed by atoms with Gasteiger partial charge in [-0.3, -0.25) is 0 Å². The summed E-state index contributed by atoms with van der Waals surface area (Å²) in [6, 6.07) is 15.0. The number of hydrogen-bond acceptors (Lipinski definition) is 3. The van der Waals surface area contributed by atoms with Crippen LogP contribution in [0.15, 0.2) is 54.0 Å². The van der Waals surface area contributed by atoms with E-state index < -0.39 is 5.79 Å². The first kappa shape index (κ1) is 14.0. The predicted octanol–water partition coefficient (Wildman–Crippen LogP) is 4.44. The van der Waals surface area contributed by atoms with Gasteiger partial charge in [-0.05, 0) is 42.8 Å². The van der Waals surface area contributed by atoms with E-state index in [1.54, 1.807) is 11.3 Å². The fourth-order valence-electron chi connectivity index (χ4n) is 3.18. The third-order valence-electron chi connectivity index (χ3n) is 4.15. The van der Waals surface area contributed by atoms with E-state index >= 15 is 0 Å². The summed E-state index contributed by atoms with van der Waals surface area (Å²) in [5.41, 5.74) is 1.23. The second kappa shape index (κ2) is 5.23. The minimum atomic E-state index is -0.511. The van der Waals surface area contributed by atoms with Gasteiger partial charge in [-0.2, -0.15) is 0 Å². The highest BCUT2D eigenvalue weighted by molar-refractivity contribution is 7.10. The summed E-state index contributed by atoms with van der Waals surface area (Å²) in [5, 5.41) is 3.37. The van der Waals surface area contributed by atoms with Crippen LogP contribution in [0.25, 0.3) is 10.9 Å². The number of nitrogens with zero attached hydrogens (tertiary/aromatic N) is 1. The standard InChI is InChI=1S/C18H19NO2S/c1-18(2)20-12-15(21-18)17(16-8-5-11-22-16)19-10-9-13-6-3-4-7-14(13)19/h3-11,15,17H,12H2,1-2H3/t15-,17?/m1/s1. The number of para-hydroxylation sites is 1. The summed E-state index contributed by atoms with van der Waals surface area (Å²) in [4.78, 5) is 1.30. The maximum absolute atomic E-state index is 6.17. The van der Waals surface area contributed by atoms with Crippen LogP contribution in [0.4, 0.5) is 0 Å². The van der Waals surface area contributed by atoms with Gasteiger partial charge in [0.05, 0.1) is 12.6 Å². The Bertz CT molecular complexity index is 775. The Labute approximate surface area is 134 Å². The molecule has 0 amide bonds. The molecule has 2 aromatic heterocycles. The Hall–Kier alpha value is -1.62. The van der Waals surface area contributed by atoms with Crippen LogP contribution in [-0.4, -0.2) is 23.1 Å². The topological polar surface area (TPSA) is 23.4 Å². The van der Waals surface area contributed by atoms with Crippen LogP contribution < -0.4 is 0 Å². The van der Waals surface area contributed by atoms with Gasteiger partial charge < -0.3 is 14.0 Å². The normalized spacial score (nSPS) is 22.2. The summed E-state index contributed by atoms with van der Waals surface area (Å²) < 4.78 is 14.3. The van der Waals surface area contributed by atoms with Gasteiger partial charge in [-0.25, -0.2) is 0 Å². The van der Waals surface area contributed by atoms with Crippen LogP contribution >= 0.6 is 11.3 Å². The molecule has 2 atom stereocenters. The minimum Gasteiger partial charge on any atom is -0.348 e. The fourth-order valence-corrected chi connectivity index (χ4v) is 4.05. The SMILES string of the molecule is CC1(C)OC[C@H](C(c2cccs2)n2ccc3ccccc32)O1. The fraction of sp³-hybridized carbons (Fsp3) is 0.333. The van der Waals surface area contributed by atoms with Gasteiger partial charge in [-0.15, -0.1) is 11.3 Å². The molecule has 114 valence electrons. The lowest BCUT2D eigenvalue weighted by Crippen LogP contribution is -2.29. The predicted molar refractivity (Wildman–Crippen MR) is 89.3 cm³/mol. The van der Waals surface area contributed by atoms with Crippen LogP contribution in [0, 0.1) is 0 Å². The van der Waals surface area contributed by atoms with Crippen molar-refractivity contribution < 1.29 is 9.47 Å². The average Bonchev–Trinajstić information content (AvgIpc) is 3.21. The molecule has 1 aromatic carbocycles. The number of hydrogen-bond donors (Lipinski definition) is 0. The maximum Gasteiger partial charge on any atom is 0.163 e. The van der Waals surface area contributed by atoms with Gasteiger partial charge in [0.15, 0.2) is 5.79 Å². The molecular formula is C18H19NO2S. The van der Waals surface area contributed by atoms with E-state index in [-0.39, 0.29) is 12.1 Å². The van der Waals surface area contributed by atoms with E-state index in [1.807, 2.05) is 13.8 Å². The van der Waals surface area contributed by atoms with Crippen molar-refractivity contribution in [3.05, 3.63) is 58.9 Å². The van der Waals surface area contributed by atoms with Gasteiger partial charge in [0, 0.05) is 16.6 Å². The number of thiophene rings is 1. The molecule has 0 N–H and O–H groups in total. The Balaban J connectivity index is 1.81. The first-order valence-corrected chi connectivity index (χ1v) is 8.43. The van der Waals surface area contributed by atoms with Crippen LogP contribution in [-0.2, 0) is 9.47 Å². The van der Waals surface area contributed by atoms with Crippen LogP contribution in [0.1, 0.15) is 24.8 Å². The van der Waals surface area contributed by atoms with Crippen molar-refractivity contribution in [3.8, 4) is 0 Å². The number of fused-ring (bicyclic) bond motifs is 1. The lowest BCUT2D eigenvalue weighted by Gasteiger charge is -2.25. The van der Waals surface area contributed by atoms with Gasteiger partial charge in [0.25, 0.3) is 0 Å². The van der Waals surface area contributed by atoms with Crippen molar-refractivity contribution in [1.82, 2.24) is 4.57 Å². The molecule has 4 rings (SSSR count). The van der Waals surface area contributed by atoms with Crippen LogP contribution in [0.3, 0.4) is 0 Å². The molecule has 3 nitrogen and oxygen atoms in total. The first-order chi connectivity index (χ1) is 10.6. The molecule has 3 aromatic rings. The van der Waals surface area contributed by atoms with Crippen LogP contribution in [0.2, 0.25) is 0 Å². The lowest BCUT2D eigenvalue weighted by molar-refractivity contribution is -0.141. The molecule has 1 unspecified atom stereocenters. The Kier molecular flexibility index (Phi) is 3.33. The molecule has 0 saturated carbocycles. The van der Waals surface area contributed by atoms with E-state index in [1.165, 1.54) is 15.8 Å². The highest BCUT2D eigenvalue weighted by Crippen LogP contribution is 2.37. The quantitative estimate of drug-likeness (QED) is 0.713. The molecule has 22 heavy (non-hydrogen) atoms. The molecule has 1 saturated heterocycles. The minimum absolute atomic E-state index is 0.0180. The summed E-state index contributed by atoms with van der Waals surface area (Å²) >= 11 is 1.77. The van der Waals surface area contributed by atoms with Gasteiger partial charge in [0.2, 0.25) is 0 Å². The summed E-state index contributed by atoms with van der Waals surface area (Å²) in [6.45, 7) is 4.57. The molecule has 3 heterocycles. The van der Waals surface area contributed by atoms with E-state index in [0.29, 0.717) is 6.61 Å². The van der Waals surface area contributed by atoms with Crippen molar-refractivity contribution in [2.45, 2.75) is 31.8 Å². The highest BCUT2D eigenvalue weighted by Gasteiger charge is 2.39. The maximum atomic E-state index is 6.17. The van der Waals surface area contributed by atoms with Crippen molar-refractivity contribution >= 4 is 22.2 Å². The smallest absolute Gasteiger partial charge is 0.163 e. The average molecular weight is 313 g/mol. The van der Waals surface area contributed by atoms with E-state index in [0.717, 1.165) is 0 Å². The summed E-state index contributed by atoms with van der Waals surface area (Å²) in [7, 11) is 0. The Morgan fingerprint density at radius 2 is 2.05 bits per heavy atom. The van der Waals surface area contributed by atoms with Crippen molar-refractivity contribution in [1.29, 1.82) is 0 Å².